The molecule has 26 heavy (non-hydrogen) atoms. The molecule has 2 heterocycles. The standard InChI is InChI=1S/C19H25N5O2/c1-13(20-2)18(25)22-16-9-8-14-6-4-5-7-17(14)24(19(16)26)11-15-10-21-12-23(15)3/h4-7,10,12-13,16,20H,8-9,11H2,1-3H3,(H,22,25). The molecule has 138 valence electrons. The van der Waals surface area contributed by atoms with Gasteiger partial charge in [0.15, 0.2) is 0 Å². The number of fused-ring (bicyclic) bond motifs is 1. The predicted octanol–water partition coefficient (Wildman–Crippen LogP) is 0.992. The Labute approximate surface area is 153 Å². The van der Waals surface area contributed by atoms with Crippen LogP contribution in [0, 0.1) is 0 Å². The first-order chi connectivity index (χ1) is 12.5. The summed E-state index contributed by atoms with van der Waals surface area (Å²) in [6.07, 6.45) is 4.80. The molecule has 0 saturated heterocycles. The van der Waals surface area contributed by atoms with E-state index in [0.29, 0.717) is 13.0 Å². The van der Waals surface area contributed by atoms with E-state index in [1.54, 1.807) is 31.4 Å². The van der Waals surface area contributed by atoms with E-state index >= 15 is 0 Å². The number of likely N-dealkylation sites (N-methyl/N-ethyl adjacent to an activating group) is 1. The average Bonchev–Trinajstić information content (AvgIpc) is 3.01. The van der Waals surface area contributed by atoms with Crippen LogP contribution in [-0.4, -0.2) is 40.5 Å². The number of anilines is 1. The summed E-state index contributed by atoms with van der Waals surface area (Å²) >= 11 is 0. The fraction of sp³-hybridized carbons (Fsp3) is 0.421. The molecule has 0 saturated carbocycles. The van der Waals surface area contributed by atoms with Gasteiger partial charge in [0.2, 0.25) is 11.8 Å². The molecule has 1 aromatic heterocycles. The van der Waals surface area contributed by atoms with Gasteiger partial charge in [-0.1, -0.05) is 18.2 Å². The largest absolute Gasteiger partial charge is 0.343 e. The van der Waals surface area contributed by atoms with Gasteiger partial charge >= 0.3 is 0 Å². The monoisotopic (exact) mass is 355 g/mol. The van der Waals surface area contributed by atoms with Gasteiger partial charge in [-0.05, 0) is 38.4 Å². The molecule has 0 aliphatic carbocycles. The summed E-state index contributed by atoms with van der Waals surface area (Å²) in [4.78, 5) is 31.4. The summed E-state index contributed by atoms with van der Waals surface area (Å²) in [5.74, 6) is -0.259. The number of imidazole rings is 1. The van der Waals surface area contributed by atoms with Gasteiger partial charge in [-0.15, -0.1) is 0 Å². The summed E-state index contributed by atoms with van der Waals surface area (Å²) < 4.78 is 1.90. The van der Waals surface area contributed by atoms with E-state index < -0.39 is 6.04 Å². The number of para-hydroxylation sites is 1. The maximum atomic E-state index is 13.3. The molecule has 0 spiro atoms. The van der Waals surface area contributed by atoms with Gasteiger partial charge in [-0.3, -0.25) is 9.59 Å². The van der Waals surface area contributed by atoms with Gasteiger partial charge in [0.25, 0.3) is 0 Å². The molecule has 2 N–H and O–H groups in total. The maximum Gasteiger partial charge on any atom is 0.249 e. The molecule has 0 fully saturated rings. The van der Waals surface area contributed by atoms with Gasteiger partial charge in [0.1, 0.15) is 6.04 Å². The third kappa shape index (κ3) is 3.62. The number of hydrogen-bond acceptors (Lipinski definition) is 4. The Morgan fingerprint density at radius 3 is 2.85 bits per heavy atom. The second-order valence-electron chi connectivity index (χ2n) is 6.66. The molecule has 0 radical (unpaired) electrons. The molecule has 1 aromatic carbocycles. The van der Waals surface area contributed by atoms with Crippen molar-refractivity contribution in [1.29, 1.82) is 0 Å². The summed E-state index contributed by atoms with van der Waals surface area (Å²) in [6, 6.07) is 7.03. The molecule has 7 nitrogen and oxygen atoms in total. The third-order valence-electron chi connectivity index (χ3n) is 4.93. The van der Waals surface area contributed by atoms with Crippen molar-refractivity contribution >= 4 is 17.5 Å². The van der Waals surface area contributed by atoms with Crippen molar-refractivity contribution in [2.45, 2.75) is 38.4 Å². The van der Waals surface area contributed by atoms with Crippen molar-refractivity contribution in [3.63, 3.8) is 0 Å². The van der Waals surface area contributed by atoms with Crippen LogP contribution in [0.4, 0.5) is 5.69 Å². The van der Waals surface area contributed by atoms with Crippen molar-refractivity contribution in [3.05, 3.63) is 48.0 Å². The molecule has 1 aliphatic rings. The Morgan fingerprint density at radius 2 is 2.15 bits per heavy atom. The summed E-state index contributed by atoms with van der Waals surface area (Å²) in [7, 11) is 3.63. The van der Waals surface area contributed by atoms with E-state index in [4.69, 9.17) is 0 Å². The quantitative estimate of drug-likeness (QED) is 0.838. The molecule has 1 aliphatic heterocycles. The zero-order valence-corrected chi connectivity index (χ0v) is 15.4. The first kappa shape index (κ1) is 18.1. The Kier molecular flexibility index (Phi) is 5.37. The average molecular weight is 355 g/mol. The first-order valence-corrected chi connectivity index (χ1v) is 8.83. The van der Waals surface area contributed by atoms with E-state index in [2.05, 4.69) is 15.6 Å². The van der Waals surface area contributed by atoms with Crippen LogP contribution in [-0.2, 0) is 29.6 Å². The number of amides is 2. The Balaban J connectivity index is 1.90. The third-order valence-corrected chi connectivity index (χ3v) is 4.93. The number of rotatable bonds is 5. The highest BCUT2D eigenvalue weighted by atomic mass is 16.2. The van der Waals surface area contributed by atoms with Crippen LogP contribution < -0.4 is 15.5 Å². The molecule has 0 bridgehead atoms. The maximum absolute atomic E-state index is 13.3. The minimum absolute atomic E-state index is 0.0900. The summed E-state index contributed by atoms with van der Waals surface area (Å²) in [6.45, 7) is 2.19. The minimum Gasteiger partial charge on any atom is -0.343 e. The van der Waals surface area contributed by atoms with Gasteiger partial charge in [-0.2, -0.15) is 0 Å². The molecule has 7 heteroatoms. The van der Waals surface area contributed by atoms with E-state index in [1.807, 2.05) is 35.9 Å². The van der Waals surface area contributed by atoms with Crippen molar-refractivity contribution in [1.82, 2.24) is 20.2 Å². The number of carbonyl (C=O) groups excluding carboxylic acids is 2. The summed E-state index contributed by atoms with van der Waals surface area (Å²) in [5.41, 5.74) is 2.95. The highest BCUT2D eigenvalue weighted by molar-refractivity contribution is 6.00. The Hall–Kier alpha value is -2.67. The lowest BCUT2D eigenvalue weighted by molar-refractivity contribution is -0.128. The van der Waals surface area contributed by atoms with Crippen molar-refractivity contribution in [3.8, 4) is 0 Å². The fourth-order valence-electron chi connectivity index (χ4n) is 3.14. The second kappa shape index (κ2) is 7.70. The summed E-state index contributed by atoms with van der Waals surface area (Å²) in [5, 5.41) is 5.81. The number of carbonyl (C=O) groups is 2. The molecule has 2 amide bonds. The van der Waals surface area contributed by atoms with E-state index in [-0.39, 0.29) is 17.9 Å². The zero-order valence-electron chi connectivity index (χ0n) is 15.4. The van der Waals surface area contributed by atoms with Gasteiger partial charge in [-0.25, -0.2) is 4.98 Å². The lowest BCUT2D eigenvalue weighted by Gasteiger charge is -2.27. The molecule has 3 rings (SSSR count). The SMILES string of the molecule is CNC(C)C(=O)NC1CCc2ccccc2N(Cc2cncn2C)C1=O. The Morgan fingerprint density at radius 1 is 1.38 bits per heavy atom. The topological polar surface area (TPSA) is 79.3 Å². The lowest BCUT2D eigenvalue weighted by atomic mass is 10.1. The smallest absolute Gasteiger partial charge is 0.249 e. The zero-order chi connectivity index (χ0) is 18.7. The number of hydrogen-bond donors (Lipinski definition) is 2. The van der Waals surface area contributed by atoms with E-state index in [1.165, 1.54) is 0 Å². The molecular weight excluding hydrogens is 330 g/mol. The highest BCUT2D eigenvalue weighted by Gasteiger charge is 2.32. The minimum atomic E-state index is -0.543. The van der Waals surface area contributed by atoms with Crippen LogP contribution in [0.5, 0.6) is 0 Å². The fourth-order valence-corrected chi connectivity index (χ4v) is 3.14. The van der Waals surface area contributed by atoms with Crippen molar-refractivity contribution in [2.75, 3.05) is 11.9 Å². The normalized spacial score (nSPS) is 18.2. The molecule has 2 atom stereocenters. The second-order valence-corrected chi connectivity index (χ2v) is 6.66. The van der Waals surface area contributed by atoms with Crippen LogP contribution in [0.1, 0.15) is 24.6 Å². The van der Waals surface area contributed by atoms with E-state index in [9.17, 15) is 9.59 Å². The first-order valence-electron chi connectivity index (χ1n) is 8.83. The number of nitrogens with zero attached hydrogens (tertiary/aromatic N) is 3. The van der Waals surface area contributed by atoms with E-state index in [0.717, 1.165) is 23.4 Å². The van der Waals surface area contributed by atoms with Gasteiger partial charge in [0, 0.05) is 18.9 Å². The van der Waals surface area contributed by atoms with Crippen LogP contribution in [0.15, 0.2) is 36.8 Å². The molecular formula is C19H25N5O2. The van der Waals surface area contributed by atoms with Crippen LogP contribution in [0.25, 0.3) is 0 Å². The number of aromatic nitrogens is 2. The van der Waals surface area contributed by atoms with Crippen molar-refractivity contribution in [2.24, 2.45) is 7.05 Å². The highest BCUT2D eigenvalue weighted by Crippen LogP contribution is 2.28. The van der Waals surface area contributed by atoms with Gasteiger partial charge < -0.3 is 20.1 Å². The van der Waals surface area contributed by atoms with Crippen molar-refractivity contribution < 1.29 is 9.59 Å². The number of nitrogens with one attached hydrogen (secondary N) is 2. The van der Waals surface area contributed by atoms with Crippen LogP contribution in [0.3, 0.4) is 0 Å². The number of aryl methyl sites for hydroxylation is 2. The van der Waals surface area contributed by atoms with Crippen LogP contribution >= 0.6 is 0 Å². The molecule has 2 unspecified atom stereocenters. The van der Waals surface area contributed by atoms with Crippen LogP contribution in [0.2, 0.25) is 0 Å². The lowest BCUT2D eigenvalue weighted by Crippen LogP contribution is -2.52. The molecule has 2 aromatic rings. The Bertz CT molecular complexity index is 801. The van der Waals surface area contributed by atoms with Gasteiger partial charge in [0.05, 0.1) is 24.6 Å². The predicted molar refractivity (Wildman–Crippen MR) is 99.6 cm³/mol. The number of benzene rings is 1.